The molecular weight excluding hydrogens is 790 g/mol. The molecule has 61 heavy (non-hydrogen) atoms. The van der Waals surface area contributed by atoms with Crippen molar-refractivity contribution < 1.29 is 32.7 Å². The third kappa shape index (κ3) is 7.80. The summed E-state index contributed by atoms with van der Waals surface area (Å²) in [5.41, 5.74) is 6.62. The van der Waals surface area contributed by atoms with Gasteiger partial charge in [-0.25, -0.2) is 13.6 Å². The Morgan fingerprint density at radius 3 is 2.56 bits per heavy atom. The summed E-state index contributed by atoms with van der Waals surface area (Å²) in [6.45, 7) is 2.88. The number of hydrogen-bond acceptors (Lipinski definition) is 8. The second kappa shape index (κ2) is 16.3. The number of fused-ring (bicyclic) bond motifs is 3. The molecule has 16 heteroatoms. The van der Waals surface area contributed by atoms with E-state index in [0.29, 0.717) is 18.0 Å². The lowest BCUT2D eigenvalue weighted by Crippen LogP contribution is -2.44. The number of nitrogens with zero attached hydrogens (tertiary/aromatic N) is 6. The highest BCUT2D eigenvalue weighted by atomic mass is 19.2. The van der Waals surface area contributed by atoms with Gasteiger partial charge in [-0.05, 0) is 98.9 Å². The molecule has 1 saturated carbocycles. The number of benzene rings is 3. The third-order valence-electron chi connectivity index (χ3n) is 12.7. The molecule has 0 unspecified atom stereocenters. The van der Waals surface area contributed by atoms with Gasteiger partial charge in [0.1, 0.15) is 6.04 Å². The van der Waals surface area contributed by atoms with E-state index < -0.39 is 46.6 Å². The summed E-state index contributed by atoms with van der Waals surface area (Å²) in [4.78, 5) is 57.4. The van der Waals surface area contributed by atoms with Crippen molar-refractivity contribution in [1.29, 1.82) is 0 Å². The maximum absolute atomic E-state index is 14.2. The number of pyridine rings is 1. The first kappa shape index (κ1) is 40.1. The molecule has 3 aliphatic rings. The van der Waals surface area contributed by atoms with E-state index in [1.165, 1.54) is 10.1 Å². The van der Waals surface area contributed by atoms with Crippen molar-refractivity contribution in [2.75, 3.05) is 19.6 Å². The van der Waals surface area contributed by atoms with Crippen LogP contribution in [-0.2, 0) is 36.0 Å². The minimum Gasteiger partial charge on any atom is -0.503 e. The monoisotopic (exact) mass is 834 g/mol. The van der Waals surface area contributed by atoms with Gasteiger partial charge >= 0.3 is 5.69 Å². The normalized spacial score (nSPS) is 19.6. The topological polar surface area (TPSA) is 156 Å². The number of aromatic hydroxyl groups is 1. The van der Waals surface area contributed by atoms with Gasteiger partial charge in [-0.15, -0.1) is 0 Å². The first-order chi connectivity index (χ1) is 29.4. The lowest BCUT2D eigenvalue weighted by Gasteiger charge is -2.28. The number of imidazole rings is 1. The number of carbonyl (C=O) groups is 3. The number of phenols is 1. The van der Waals surface area contributed by atoms with Crippen LogP contribution in [0.5, 0.6) is 5.75 Å². The van der Waals surface area contributed by atoms with Gasteiger partial charge in [0.15, 0.2) is 17.4 Å². The predicted molar refractivity (Wildman–Crippen MR) is 220 cm³/mol. The highest BCUT2D eigenvalue weighted by Crippen LogP contribution is 2.34. The quantitative estimate of drug-likeness (QED) is 0.112. The van der Waals surface area contributed by atoms with Gasteiger partial charge in [-0.3, -0.25) is 43.4 Å². The molecule has 3 N–H and O–H groups in total. The van der Waals surface area contributed by atoms with Crippen molar-refractivity contribution in [3.05, 3.63) is 111 Å². The smallest absolute Gasteiger partial charge is 0.329 e. The Morgan fingerprint density at radius 2 is 1.75 bits per heavy atom. The number of aryl methyl sites for hydroxylation is 2. The molecule has 316 valence electrons. The van der Waals surface area contributed by atoms with Crippen LogP contribution in [0, 0.1) is 23.4 Å². The third-order valence-corrected chi connectivity index (χ3v) is 12.7. The molecular formula is C45H45F3N8O5. The number of aromatic nitrogens is 5. The van der Waals surface area contributed by atoms with Crippen LogP contribution in [0.2, 0.25) is 0 Å². The van der Waals surface area contributed by atoms with Crippen molar-refractivity contribution in [3.63, 3.8) is 0 Å². The van der Waals surface area contributed by atoms with Gasteiger partial charge in [0.25, 0.3) is 5.91 Å². The number of piperidine rings is 1. The van der Waals surface area contributed by atoms with Gasteiger partial charge in [0.2, 0.25) is 17.6 Å². The summed E-state index contributed by atoms with van der Waals surface area (Å²) in [7, 11) is 1.71. The van der Waals surface area contributed by atoms with Gasteiger partial charge in [-0.2, -0.15) is 9.49 Å². The van der Waals surface area contributed by atoms with Crippen LogP contribution >= 0.6 is 0 Å². The SMILES string of the molecule is Cn1c(=O)n([C@@H]2CCC(=O)NC2=O)c2ccc(CCCN3CCc4nc(-c5ccc6cn(C7CCC(CNC(=O)c8cc(F)c(O)c(F)c8F)CC7)nc6c5)ccc4C3)cc21. The predicted octanol–water partition coefficient (Wildman–Crippen LogP) is 6.00. The average Bonchev–Trinajstić information content (AvgIpc) is 3.80. The lowest BCUT2D eigenvalue weighted by molar-refractivity contribution is -0.135. The number of phenolic OH excluding ortho intramolecular Hbond substituents is 1. The molecule has 5 heterocycles. The Balaban J connectivity index is 0.776. The van der Waals surface area contributed by atoms with Gasteiger partial charge in [-0.1, -0.05) is 24.3 Å². The molecule has 9 rings (SSSR count). The van der Waals surface area contributed by atoms with Gasteiger partial charge in [0.05, 0.1) is 33.8 Å². The highest BCUT2D eigenvalue weighted by molar-refractivity contribution is 6.00. The molecule has 2 fully saturated rings. The number of nitrogens with one attached hydrogen (secondary N) is 2. The number of imide groups is 1. The summed E-state index contributed by atoms with van der Waals surface area (Å²) in [5.74, 6) is -7.78. The first-order valence-corrected chi connectivity index (χ1v) is 20.8. The Hall–Kier alpha value is -6.29. The van der Waals surface area contributed by atoms with E-state index in [-0.39, 0.29) is 36.5 Å². The molecule has 3 amide bonds. The summed E-state index contributed by atoms with van der Waals surface area (Å²) in [6.07, 6.45) is 8.41. The molecule has 13 nitrogen and oxygen atoms in total. The molecule has 3 aromatic carbocycles. The van der Waals surface area contributed by atoms with E-state index in [2.05, 4.69) is 52.1 Å². The minimum absolute atomic E-state index is 0.115. The number of halogens is 3. The molecule has 2 aliphatic heterocycles. The molecule has 1 atom stereocenters. The molecule has 1 saturated heterocycles. The number of hydrogen-bond donors (Lipinski definition) is 3. The molecule has 0 bridgehead atoms. The maximum Gasteiger partial charge on any atom is 0.329 e. The summed E-state index contributed by atoms with van der Waals surface area (Å²) in [5, 5.41) is 20.2. The van der Waals surface area contributed by atoms with Crippen LogP contribution in [0.1, 0.15) is 84.2 Å². The molecule has 1 aliphatic carbocycles. The van der Waals surface area contributed by atoms with Crippen LogP contribution in [0.25, 0.3) is 33.2 Å². The molecule has 3 aromatic heterocycles. The lowest BCUT2D eigenvalue weighted by atomic mass is 9.86. The van der Waals surface area contributed by atoms with Crippen molar-refractivity contribution in [1.82, 2.24) is 39.4 Å². The van der Waals surface area contributed by atoms with E-state index >= 15 is 0 Å². The number of amides is 3. The first-order valence-electron chi connectivity index (χ1n) is 20.8. The largest absolute Gasteiger partial charge is 0.503 e. The van der Waals surface area contributed by atoms with Crippen LogP contribution < -0.4 is 16.3 Å². The van der Waals surface area contributed by atoms with E-state index in [1.54, 1.807) is 11.6 Å². The summed E-state index contributed by atoms with van der Waals surface area (Å²) in [6, 6.07) is 16.4. The summed E-state index contributed by atoms with van der Waals surface area (Å²) < 4.78 is 46.7. The summed E-state index contributed by atoms with van der Waals surface area (Å²) >= 11 is 0. The minimum atomic E-state index is -1.78. The fourth-order valence-electron chi connectivity index (χ4n) is 9.21. The number of carbonyl (C=O) groups excluding carboxylic acids is 3. The van der Waals surface area contributed by atoms with Crippen LogP contribution in [0.3, 0.4) is 0 Å². The van der Waals surface area contributed by atoms with E-state index in [0.717, 1.165) is 104 Å². The fourth-order valence-corrected chi connectivity index (χ4v) is 9.21. The average molecular weight is 835 g/mol. The fraction of sp³-hybridized carbons (Fsp3) is 0.378. The van der Waals surface area contributed by atoms with E-state index in [4.69, 9.17) is 10.1 Å². The zero-order chi connectivity index (χ0) is 42.5. The Kier molecular flexibility index (Phi) is 10.7. The molecule has 0 radical (unpaired) electrons. The zero-order valence-corrected chi connectivity index (χ0v) is 33.6. The Bertz CT molecular complexity index is 2790. The van der Waals surface area contributed by atoms with E-state index in [1.807, 2.05) is 22.9 Å². The van der Waals surface area contributed by atoms with E-state index in [9.17, 15) is 37.5 Å². The van der Waals surface area contributed by atoms with Crippen molar-refractivity contribution in [2.24, 2.45) is 13.0 Å². The molecule has 6 aromatic rings. The van der Waals surface area contributed by atoms with Crippen molar-refractivity contribution in [3.8, 4) is 17.0 Å². The second-order valence-corrected chi connectivity index (χ2v) is 16.6. The standard InChI is InChI=1S/C45H45F3N8O5/c1-53-38-19-25(6-13-36(38)56(45(53)61)37-14-15-39(57)51-44(37)60)3-2-17-54-18-16-34-28(23-54)9-12-33(50-34)27-7-8-29-24-55(52-35(29)20-27)30-10-4-26(5-11-30)22-49-43(59)31-21-32(46)42(58)41(48)40(31)47/h6-9,12-13,19-21,24,26,30,37,58H,2-5,10-11,14-18,22-23H2,1H3,(H,49,59)(H,51,57,60)/t26?,30?,37-/m1/s1. The second-order valence-electron chi connectivity index (χ2n) is 16.6. The van der Waals surface area contributed by atoms with Crippen molar-refractivity contribution >= 4 is 39.7 Å². The number of rotatable bonds is 10. The Labute approximate surface area is 348 Å². The molecule has 0 spiro atoms. The Morgan fingerprint density at radius 1 is 0.934 bits per heavy atom. The van der Waals surface area contributed by atoms with Crippen LogP contribution in [0.15, 0.2) is 65.6 Å². The van der Waals surface area contributed by atoms with Crippen molar-refractivity contribution in [2.45, 2.75) is 76.4 Å². The van der Waals surface area contributed by atoms with Gasteiger partial charge in [0, 0.05) is 62.4 Å². The van der Waals surface area contributed by atoms with Crippen LogP contribution in [-0.4, -0.2) is 71.3 Å². The maximum atomic E-state index is 14.2. The zero-order valence-electron chi connectivity index (χ0n) is 33.6. The highest BCUT2D eigenvalue weighted by Gasteiger charge is 2.32. The van der Waals surface area contributed by atoms with Crippen LogP contribution in [0.4, 0.5) is 13.2 Å². The van der Waals surface area contributed by atoms with Gasteiger partial charge < -0.3 is 10.4 Å².